The van der Waals surface area contributed by atoms with Crippen LogP contribution in [0.25, 0.3) is 0 Å². The summed E-state index contributed by atoms with van der Waals surface area (Å²) in [5.41, 5.74) is 0.905. The van der Waals surface area contributed by atoms with Gasteiger partial charge in [0.05, 0.1) is 0 Å². The fourth-order valence-corrected chi connectivity index (χ4v) is 2.08. The molecule has 0 aliphatic rings. The summed E-state index contributed by atoms with van der Waals surface area (Å²) in [4.78, 5) is 1.16. The molecule has 0 bridgehead atoms. The van der Waals surface area contributed by atoms with Crippen LogP contribution in [0.1, 0.15) is 32.8 Å². The van der Waals surface area contributed by atoms with E-state index in [4.69, 9.17) is 0 Å². The lowest BCUT2D eigenvalue weighted by molar-refractivity contribution is -0.120. The fourth-order valence-electron chi connectivity index (χ4n) is 2.08. The zero-order chi connectivity index (χ0) is 16.0. The molecule has 0 aliphatic carbocycles. The first-order valence-corrected chi connectivity index (χ1v) is 7.06. The Morgan fingerprint density at radius 3 is 2.38 bits per heavy atom. The smallest absolute Gasteiger partial charge is 0.360 e. The largest absolute Gasteiger partial charge is 0.405 e. The third kappa shape index (κ3) is 6.33. The minimum atomic E-state index is -4.32. The van der Waals surface area contributed by atoms with Gasteiger partial charge in [0.15, 0.2) is 0 Å². The molecule has 0 aliphatic heterocycles. The van der Waals surface area contributed by atoms with E-state index in [1.807, 2.05) is 6.92 Å². The second kappa shape index (κ2) is 7.64. The summed E-state index contributed by atoms with van der Waals surface area (Å²) in [5, 5.41) is 3.11. The van der Waals surface area contributed by atoms with Crippen molar-refractivity contribution >= 4 is 5.69 Å². The summed E-state index contributed by atoms with van der Waals surface area (Å²) in [6.45, 7) is 5.46. The summed E-state index contributed by atoms with van der Waals surface area (Å²) < 4.78 is 51.6. The van der Waals surface area contributed by atoms with E-state index in [1.54, 1.807) is 19.9 Å². The average Bonchev–Trinajstić information content (AvgIpc) is 2.34. The minimum absolute atomic E-state index is 0.260. The van der Waals surface area contributed by atoms with Crippen LogP contribution in [-0.2, 0) is 6.54 Å². The number of halogens is 4. The SMILES string of the molecule is CCCNCc1cc(F)cc(N(CC(F)(F)F)C(C)C)c1. The van der Waals surface area contributed by atoms with Gasteiger partial charge in [-0.2, -0.15) is 13.2 Å². The zero-order valence-electron chi connectivity index (χ0n) is 12.6. The van der Waals surface area contributed by atoms with Gasteiger partial charge in [0.2, 0.25) is 0 Å². The molecule has 1 aromatic rings. The maximum Gasteiger partial charge on any atom is 0.405 e. The highest BCUT2D eigenvalue weighted by molar-refractivity contribution is 5.50. The van der Waals surface area contributed by atoms with Crippen LogP contribution in [0.2, 0.25) is 0 Å². The number of hydrogen-bond donors (Lipinski definition) is 1. The van der Waals surface area contributed by atoms with Crippen LogP contribution in [0, 0.1) is 5.82 Å². The summed E-state index contributed by atoms with van der Waals surface area (Å²) in [6.07, 6.45) is -3.38. The molecular formula is C15H22F4N2. The van der Waals surface area contributed by atoms with Crippen LogP contribution in [0.3, 0.4) is 0 Å². The Kier molecular flexibility index (Phi) is 6.45. The highest BCUT2D eigenvalue weighted by Crippen LogP contribution is 2.26. The molecule has 120 valence electrons. The first-order valence-electron chi connectivity index (χ1n) is 7.06. The van der Waals surface area contributed by atoms with E-state index in [0.29, 0.717) is 12.1 Å². The molecule has 2 nitrogen and oxygen atoms in total. The van der Waals surface area contributed by atoms with Crippen LogP contribution in [0.4, 0.5) is 23.2 Å². The van der Waals surface area contributed by atoms with E-state index in [1.165, 1.54) is 6.07 Å². The quantitative estimate of drug-likeness (QED) is 0.602. The molecule has 0 radical (unpaired) electrons. The standard InChI is InChI=1S/C15H22F4N2/c1-4-5-20-9-12-6-13(16)8-14(7-12)21(11(2)3)10-15(17,18)19/h6-8,11,20H,4-5,9-10H2,1-3H3. The van der Waals surface area contributed by atoms with Crippen LogP contribution < -0.4 is 10.2 Å². The van der Waals surface area contributed by atoms with Gasteiger partial charge < -0.3 is 10.2 Å². The first-order chi connectivity index (χ1) is 9.73. The van der Waals surface area contributed by atoms with Crippen molar-refractivity contribution in [3.63, 3.8) is 0 Å². The molecule has 0 atom stereocenters. The summed E-state index contributed by atoms with van der Waals surface area (Å²) in [7, 11) is 0. The Morgan fingerprint density at radius 1 is 1.19 bits per heavy atom. The maximum atomic E-state index is 13.7. The molecule has 1 aromatic carbocycles. The lowest BCUT2D eigenvalue weighted by Crippen LogP contribution is -2.39. The number of alkyl halides is 3. The summed E-state index contributed by atoms with van der Waals surface area (Å²) in [6, 6.07) is 3.73. The number of nitrogens with one attached hydrogen (secondary N) is 1. The summed E-state index contributed by atoms with van der Waals surface area (Å²) in [5.74, 6) is -0.520. The Balaban J connectivity index is 2.97. The van der Waals surface area contributed by atoms with E-state index >= 15 is 0 Å². The number of hydrogen-bond acceptors (Lipinski definition) is 2. The van der Waals surface area contributed by atoms with Crippen LogP contribution >= 0.6 is 0 Å². The van der Waals surface area contributed by atoms with Crippen LogP contribution in [0.5, 0.6) is 0 Å². The highest BCUT2D eigenvalue weighted by Gasteiger charge is 2.32. The third-order valence-electron chi connectivity index (χ3n) is 3.00. The van der Waals surface area contributed by atoms with Gasteiger partial charge in [-0.25, -0.2) is 4.39 Å². The lowest BCUT2D eigenvalue weighted by atomic mass is 10.1. The van der Waals surface area contributed by atoms with Crippen LogP contribution in [-0.4, -0.2) is 25.3 Å². The van der Waals surface area contributed by atoms with Crippen molar-refractivity contribution in [1.82, 2.24) is 5.32 Å². The molecule has 0 aromatic heterocycles. The van der Waals surface area contributed by atoms with E-state index < -0.39 is 18.5 Å². The number of benzene rings is 1. The van der Waals surface area contributed by atoms with Gasteiger partial charge in [-0.05, 0) is 50.6 Å². The monoisotopic (exact) mass is 306 g/mol. The van der Waals surface area contributed by atoms with Gasteiger partial charge >= 0.3 is 6.18 Å². The van der Waals surface area contributed by atoms with Crippen molar-refractivity contribution in [2.75, 3.05) is 18.0 Å². The second-order valence-electron chi connectivity index (χ2n) is 5.33. The number of anilines is 1. The fraction of sp³-hybridized carbons (Fsp3) is 0.600. The van der Waals surface area contributed by atoms with Gasteiger partial charge in [0.25, 0.3) is 0 Å². The lowest BCUT2D eigenvalue weighted by Gasteiger charge is -2.30. The molecule has 6 heteroatoms. The summed E-state index contributed by atoms with van der Waals surface area (Å²) >= 11 is 0. The molecule has 1 N–H and O–H groups in total. The van der Waals surface area contributed by atoms with Crippen LogP contribution in [0.15, 0.2) is 18.2 Å². The topological polar surface area (TPSA) is 15.3 Å². The van der Waals surface area contributed by atoms with Gasteiger partial charge in [-0.15, -0.1) is 0 Å². The van der Waals surface area contributed by atoms with Gasteiger partial charge in [0.1, 0.15) is 12.4 Å². The Labute approximate surface area is 123 Å². The molecule has 0 saturated heterocycles. The Hall–Kier alpha value is -1.30. The Bertz CT molecular complexity index is 444. The van der Waals surface area contributed by atoms with Crippen molar-refractivity contribution in [2.24, 2.45) is 0 Å². The third-order valence-corrected chi connectivity index (χ3v) is 3.00. The maximum absolute atomic E-state index is 13.7. The van der Waals surface area contributed by atoms with Crippen molar-refractivity contribution in [3.8, 4) is 0 Å². The molecule has 0 amide bonds. The zero-order valence-corrected chi connectivity index (χ0v) is 12.6. The van der Waals surface area contributed by atoms with Gasteiger partial charge in [0, 0.05) is 18.3 Å². The predicted octanol–water partition coefficient (Wildman–Crippen LogP) is 4.10. The molecular weight excluding hydrogens is 284 g/mol. The molecule has 0 heterocycles. The van der Waals surface area contributed by atoms with Gasteiger partial charge in [-0.1, -0.05) is 6.92 Å². The average molecular weight is 306 g/mol. The first kappa shape index (κ1) is 17.8. The molecule has 21 heavy (non-hydrogen) atoms. The number of nitrogens with zero attached hydrogens (tertiary/aromatic N) is 1. The Morgan fingerprint density at radius 2 is 1.86 bits per heavy atom. The molecule has 1 rings (SSSR count). The van der Waals surface area contributed by atoms with E-state index in [9.17, 15) is 17.6 Å². The predicted molar refractivity (Wildman–Crippen MR) is 76.9 cm³/mol. The van der Waals surface area contributed by atoms with Gasteiger partial charge in [-0.3, -0.25) is 0 Å². The molecule has 0 unspecified atom stereocenters. The molecule has 0 fully saturated rings. The molecule has 0 spiro atoms. The molecule has 0 saturated carbocycles. The highest BCUT2D eigenvalue weighted by atomic mass is 19.4. The van der Waals surface area contributed by atoms with E-state index in [0.717, 1.165) is 23.9 Å². The van der Waals surface area contributed by atoms with E-state index in [-0.39, 0.29) is 11.7 Å². The second-order valence-corrected chi connectivity index (χ2v) is 5.33. The van der Waals surface area contributed by atoms with Crippen molar-refractivity contribution in [1.29, 1.82) is 0 Å². The van der Waals surface area contributed by atoms with Crippen molar-refractivity contribution < 1.29 is 17.6 Å². The van der Waals surface area contributed by atoms with Crippen molar-refractivity contribution in [3.05, 3.63) is 29.6 Å². The van der Waals surface area contributed by atoms with Crippen molar-refractivity contribution in [2.45, 2.75) is 46.0 Å². The number of rotatable bonds is 7. The normalized spacial score (nSPS) is 12.0. The minimum Gasteiger partial charge on any atom is -0.360 e. The van der Waals surface area contributed by atoms with E-state index in [2.05, 4.69) is 5.32 Å².